The molecule has 21 heavy (non-hydrogen) atoms. The van der Waals surface area contributed by atoms with Crippen LogP contribution >= 0.6 is 0 Å². The SMILES string of the molecule is CC1CC(C)CN(S(=O)(=O)c2ccc(CCCN)cc2)C1. The number of hydrogen-bond acceptors (Lipinski definition) is 3. The van der Waals surface area contributed by atoms with E-state index in [1.54, 1.807) is 16.4 Å². The first kappa shape index (κ1) is 16.5. The summed E-state index contributed by atoms with van der Waals surface area (Å²) in [7, 11) is -3.36. The molecule has 5 heteroatoms. The van der Waals surface area contributed by atoms with Crippen LogP contribution in [0.2, 0.25) is 0 Å². The van der Waals surface area contributed by atoms with E-state index in [9.17, 15) is 8.42 Å². The Hall–Kier alpha value is -0.910. The van der Waals surface area contributed by atoms with E-state index in [-0.39, 0.29) is 0 Å². The smallest absolute Gasteiger partial charge is 0.243 e. The topological polar surface area (TPSA) is 63.4 Å². The standard InChI is InChI=1S/C16H26N2O2S/c1-13-10-14(2)12-18(11-13)21(19,20)16-7-5-15(6-8-16)4-3-9-17/h5-8,13-14H,3-4,9-12,17H2,1-2H3. The van der Waals surface area contributed by atoms with Crippen molar-refractivity contribution in [3.63, 3.8) is 0 Å². The molecule has 0 radical (unpaired) electrons. The average Bonchev–Trinajstić information content (AvgIpc) is 2.44. The van der Waals surface area contributed by atoms with Crippen LogP contribution in [0.4, 0.5) is 0 Å². The third-order valence-corrected chi connectivity index (χ3v) is 5.91. The number of rotatable bonds is 5. The second-order valence-electron chi connectivity index (χ2n) is 6.30. The van der Waals surface area contributed by atoms with Gasteiger partial charge in [0.05, 0.1) is 4.90 Å². The summed E-state index contributed by atoms with van der Waals surface area (Å²) >= 11 is 0. The Balaban J connectivity index is 2.15. The van der Waals surface area contributed by atoms with Gasteiger partial charge in [-0.15, -0.1) is 0 Å². The van der Waals surface area contributed by atoms with Crippen molar-refractivity contribution < 1.29 is 8.42 Å². The summed E-state index contributed by atoms with van der Waals surface area (Å²) in [5, 5.41) is 0. The highest BCUT2D eigenvalue weighted by atomic mass is 32.2. The van der Waals surface area contributed by atoms with Crippen LogP contribution in [0.1, 0.15) is 32.3 Å². The first-order chi connectivity index (χ1) is 9.93. The molecule has 0 bridgehead atoms. The molecule has 1 aromatic carbocycles. The van der Waals surface area contributed by atoms with Crippen molar-refractivity contribution in [2.75, 3.05) is 19.6 Å². The molecule has 4 nitrogen and oxygen atoms in total. The first-order valence-electron chi connectivity index (χ1n) is 7.72. The van der Waals surface area contributed by atoms with Crippen LogP contribution in [0.5, 0.6) is 0 Å². The zero-order valence-corrected chi connectivity index (χ0v) is 13.8. The van der Waals surface area contributed by atoms with Gasteiger partial charge >= 0.3 is 0 Å². The lowest BCUT2D eigenvalue weighted by molar-refractivity contribution is 0.222. The maximum atomic E-state index is 12.7. The fourth-order valence-electron chi connectivity index (χ4n) is 3.09. The number of nitrogens with two attached hydrogens (primary N) is 1. The molecule has 1 heterocycles. The summed E-state index contributed by atoms with van der Waals surface area (Å²) in [5.41, 5.74) is 6.64. The van der Waals surface area contributed by atoms with Gasteiger partial charge in [-0.2, -0.15) is 4.31 Å². The predicted octanol–water partition coefficient (Wildman–Crippen LogP) is 2.24. The van der Waals surface area contributed by atoms with Crippen molar-refractivity contribution >= 4 is 10.0 Å². The molecule has 2 N–H and O–H groups in total. The van der Waals surface area contributed by atoms with Crippen LogP contribution in [0, 0.1) is 11.8 Å². The minimum absolute atomic E-state index is 0.403. The average molecular weight is 310 g/mol. The molecule has 1 fully saturated rings. The summed E-state index contributed by atoms with van der Waals surface area (Å²) in [6, 6.07) is 7.26. The first-order valence-corrected chi connectivity index (χ1v) is 9.16. The van der Waals surface area contributed by atoms with Crippen LogP contribution in [0.15, 0.2) is 29.2 Å². The van der Waals surface area contributed by atoms with E-state index in [4.69, 9.17) is 5.73 Å². The molecule has 2 atom stereocenters. The van der Waals surface area contributed by atoms with E-state index < -0.39 is 10.0 Å². The number of sulfonamides is 1. The van der Waals surface area contributed by atoms with Gasteiger partial charge in [0.25, 0.3) is 0 Å². The molecule has 0 amide bonds. The van der Waals surface area contributed by atoms with Crippen molar-refractivity contribution in [3.05, 3.63) is 29.8 Å². The van der Waals surface area contributed by atoms with Crippen LogP contribution in [-0.4, -0.2) is 32.4 Å². The number of nitrogens with zero attached hydrogens (tertiary/aromatic N) is 1. The van der Waals surface area contributed by atoms with Crippen molar-refractivity contribution in [1.82, 2.24) is 4.31 Å². The highest BCUT2D eigenvalue weighted by molar-refractivity contribution is 7.89. The molecule has 1 aliphatic rings. The lowest BCUT2D eigenvalue weighted by Crippen LogP contribution is -2.42. The fourth-order valence-corrected chi connectivity index (χ4v) is 4.76. The molecule has 1 aromatic rings. The van der Waals surface area contributed by atoms with Gasteiger partial charge in [0.1, 0.15) is 0 Å². The molecular formula is C16H26N2O2S. The molecule has 118 valence electrons. The zero-order valence-electron chi connectivity index (χ0n) is 13.0. The third kappa shape index (κ3) is 4.05. The quantitative estimate of drug-likeness (QED) is 0.907. The minimum atomic E-state index is -3.36. The largest absolute Gasteiger partial charge is 0.330 e. The lowest BCUT2D eigenvalue weighted by atomic mass is 9.94. The van der Waals surface area contributed by atoms with Crippen LogP contribution in [0.3, 0.4) is 0 Å². The number of hydrogen-bond donors (Lipinski definition) is 1. The van der Waals surface area contributed by atoms with E-state index in [0.717, 1.165) is 24.8 Å². The number of aryl methyl sites for hydroxylation is 1. The van der Waals surface area contributed by atoms with Gasteiger partial charge in [-0.25, -0.2) is 8.42 Å². The molecule has 0 aromatic heterocycles. The summed E-state index contributed by atoms with van der Waals surface area (Å²) < 4.78 is 27.1. The van der Waals surface area contributed by atoms with Crippen LogP contribution in [-0.2, 0) is 16.4 Å². The van der Waals surface area contributed by atoms with Gasteiger partial charge in [-0.1, -0.05) is 26.0 Å². The van der Waals surface area contributed by atoms with E-state index in [2.05, 4.69) is 13.8 Å². The van der Waals surface area contributed by atoms with Crippen molar-refractivity contribution in [3.8, 4) is 0 Å². The molecule has 0 saturated carbocycles. The minimum Gasteiger partial charge on any atom is -0.330 e. The van der Waals surface area contributed by atoms with Gasteiger partial charge in [0, 0.05) is 13.1 Å². The summed E-state index contributed by atoms with van der Waals surface area (Å²) in [6.45, 7) is 6.15. The van der Waals surface area contributed by atoms with E-state index in [1.165, 1.54) is 0 Å². The highest BCUT2D eigenvalue weighted by Gasteiger charge is 2.31. The molecular weight excluding hydrogens is 284 g/mol. The second kappa shape index (κ2) is 6.90. The number of piperidine rings is 1. The van der Waals surface area contributed by atoms with Gasteiger partial charge in [-0.3, -0.25) is 0 Å². The summed E-state index contributed by atoms with van der Waals surface area (Å²) in [4.78, 5) is 0.403. The lowest BCUT2D eigenvalue weighted by Gasteiger charge is -2.34. The van der Waals surface area contributed by atoms with Crippen molar-refractivity contribution in [2.45, 2.75) is 38.0 Å². The normalized spacial score (nSPS) is 24.1. The third-order valence-electron chi connectivity index (χ3n) is 4.07. The second-order valence-corrected chi connectivity index (χ2v) is 8.24. The van der Waals surface area contributed by atoms with Crippen molar-refractivity contribution in [2.24, 2.45) is 17.6 Å². The Bertz CT molecular complexity index is 544. The molecule has 1 aliphatic heterocycles. The van der Waals surface area contributed by atoms with E-state index in [0.29, 0.717) is 36.4 Å². The van der Waals surface area contributed by atoms with Gasteiger partial charge in [0.15, 0.2) is 0 Å². The molecule has 0 spiro atoms. The maximum Gasteiger partial charge on any atom is 0.243 e. The Kier molecular flexibility index (Phi) is 5.41. The summed E-state index contributed by atoms with van der Waals surface area (Å²) in [5.74, 6) is 0.847. The molecule has 2 rings (SSSR count). The Morgan fingerprint density at radius 3 is 2.24 bits per heavy atom. The predicted molar refractivity (Wildman–Crippen MR) is 85.5 cm³/mol. The summed E-state index contributed by atoms with van der Waals surface area (Å²) in [6.07, 6.45) is 2.92. The fraction of sp³-hybridized carbons (Fsp3) is 0.625. The Morgan fingerprint density at radius 1 is 1.14 bits per heavy atom. The highest BCUT2D eigenvalue weighted by Crippen LogP contribution is 2.26. The zero-order chi connectivity index (χ0) is 15.5. The van der Waals surface area contributed by atoms with Crippen molar-refractivity contribution in [1.29, 1.82) is 0 Å². The Labute approximate surface area is 128 Å². The monoisotopic (exact) mass is 310 g/mol. The number of benzene rings is 1. The van der Waals surface area contributed by atoms with Gasteiger partial charge in [0.2, 0.25) is 10.0 Å². The molecule has 0 aliphatic carbocycles. The Morgan fingerprint density at radius 2 is 1.71 bits per heavy atom. The van der Waals surface area contributed by atoms with Crippen LogP contribution in [0.25, 0.3) is 0 Å². The van der Waals surface area contributed by atoms with Gasteiger partial charge < -0.3 is 5.73 Å². The van der Waals surface area contributed by atoms with E-state index >= 15 is 0 Å². The van der Waals surface area contributed by atoms with Crippen LogP contribution < -0.4 is 5.73 Å². The molecule has 2 unspecified atom stereocenters. The van der Waals surface area contributed by atoms with Gasteiger partial charge in [-0.05, 0) is 55.3 Å². The maximum absolute atomic E-state index is 12.7. The molecule has 1 saturated heterocycles. The van der Waals surface area contributed by atoms with E-state index in [1.807, 2.05) is 12.1 Å².